The number of nitrogens with one attached hydrogen (secondary N) is 2. The van der Waals surface area contributed by atoms with Crippen molar-refractivity contribution < 1.29 is 13.2 Å². The van der Waals surface area contributed by atoms with Crippen LogP contribution in [0.5, 0.6) is 0 Å². The van der Waals surface area contributed by atoms with Crippen LogP contribution in [0.25, 0.3) is 10.9 Å². The van der Waals surface area contributed by atoms with Crippen LogP contribution in [0.3, 0.4) is 0 Å². The van der Waals surface area contributed by atoms with Crippen LogP contribution in [0.4, 0.5) is 0 Å². The summed E-state index contributed by atoms with van der Waals surface area (Å²) in [4.78, 5) is 16.4. The zero-order valence-electron chi connectivity index (χ0n) is 12.7. The van der Waals surface area contributed by atoms with Crippen LogP contribution in [0, 0.1) is 0 Å². The zero-order chi connectivity index (χ0) is 16.1. The average Bonchev–Trinajstić information content (AvgIpc) is 2.78. The Labute approximate surface area is 128 Å². The minimum absolute atomic E-state index is 0.0308. The molecule has 8 heteroatoms. The lowest BCUT2D eigenvalue weighted by atomic mass is 10.1. The fourth-order valence-electron chi connectivity index (χ4n) is 2.84. The first-order chi connectivity index (χ1) is 10.2. The van der Waals surface area contributed by atoms with Crippen molar-refractivity contribution in [2.24, 2.45) is 0 Å². The molecule has 2 aromatic rings. The summed E-state index contributed by atoms with van der Waals surface area (Å²) >= 11 is 0. The van der Waals surface area contributed by atoms with Crippen LogP contribution in [0.1, 0.15) is 42.9 Å². The second-order valence-corrected chi connectivity index (χ2v) is 8.49. The molecule has 1 fully saturated rings. The number of hydrogen-bond donors (Lipinski definition) is 2. The first kappa shape index (κ1) is 15.0. The monoisotopic (exact) mass is 322 g/mol. The molecule has 22 heavy (non-hydrogen) atoms. The highest BCUT2D eigenvalue weighted by Gasteiger charge is 2.45. The van der Waals surface area contributed by atoms with Crippen molar-refractivity contribution in [3.63, 3.8) is 0 Å². The lowest BCUT2D eigenvalue weighted by Crippen LogP contribution is -2.63. The molecule has 7 nitrogen and oxygen atoms in total. The Balaban J connectivity index is 1.87. The standard InChI is InChI=1S/C14H18N4O3S/c1-8(2)12-9-4-10(15-5-11(9)17-18-12)13(19)16-14(3)6-22(20,21)7-14/h4-5,8H,6-7H2,1-3H3,(H,16,19)(H,17,18). The van der Waals surface area contributed by atoms with Gasteiger partial charge >= 0.3 is 0 Å². The van der Waals surface area contributed by atoms with Crippen LogP contribution >= 0.6 is 0 Å². The molecule has 0 aromatic carbocycles. The molecule has 3 heterocycles. The number of H-pyrrole nitrogens is 1. The third kappa shape index (κ3) is 2.58. The molecule has 118 valence electrons. The van der Waals surface area contributed by atoms with E-state index in [9.17, 15) is 13.2 Å². The number of rotatable bonds is 3. The summed E-state index contributed by atoms with van der Waals surface area (Å²) < 4.78 is 22.6. The quantitative estimate of drug-likeness (QED) is 0.877. The normalized spacial score (nSPS) is 19.1. The molecule has 2 aromatic heterocycles. The Kier molecular flexibility index (Phi) is 3.24. The van der Waals surface area contributed by atoms with E-state index in [1.807, 2.05) is 13.8 Å². The first-order valence-electron chi connectivity index (χ1n) is 7.06. The van der Waals surface area contributed by atoms with Crippen molar-refractivity contribution in [2.75, 3.05) is 11.5 Å². The number of nitrogens with zero attached hydrogens (tertiary/aromatic N) is 2. The second-order valence-electron chi connectivity index (χ2n) is 6.43. The van der Waals surface area contributed by atoms with E-state index < -0.39 is 15.4 Å². The van der Waals surface area contributed by atoms with E-state index in [0.717, 1.165) is 11.1 Å². The molecule has 0 spiro atoms. The molecule has 0 unspecified atom stereocenters. The molecule has 1 saturated heterocycles. The Bertz CT molecular complexity index is 842. The van der Waals surface area contributed by atoms with Crippen molar-refractivity contribution in [3.8, 4) is 0 Å². The Morgan fingerprint density at radius 1 is 1.41 bits per heavy atom. The lowest BCUT2D eigenvalue weighted by molar-refractivity contribution is 0.0912. The number of pyridine rings is 1. The van der Waals surface area contributed by atoms with Gasteiger partial charge in [-0.15, -0.1) is 0 Å². The predicted octanol–water partition coefficient (Wildman–Crippen LogP) is 0.998. The number of aromatic nitrogens is 3. The van der Waals surface area contributed by atoms with Crippen molar-refractivity contribution in [3.05, 3.63) is 23.7 Å². The zero-order valence-corrected chi connectivity index (χ0v) is 13.5. The molecule has 0 bridgehead atoms. The summed E-state index contributed by atoms with van der Waals surface area (Å²) in [6, 6.07) is 1.69. The molecule has 1 aliphatic rings. The topological polar surface area (TPSA) is 105 Å². The molecule has 0 atom stereocenters. The van der Waals surface area contributed by atoms with Crippen LogP contribution in [-0.2, 0) is 9.84 Å². The molecule has 1 aliphatic heterocycles. The second kappa shape index (κ2) is 4.77. The Morgan fingerprint density at radius 2 is 2.09 bits per heavy atom. The Hall–Kier alpha value is -1.96. The van der Waals surface area contributed by atoms with Gasteiger partial charge in [-0.05, 0) is 18.9 Å². The summed E-state index contributed by atoms with van der Waals surface area (Å²) in [6.45, 7) is 5.79. The van der Waals surface area contributed by atoms with Gasteiger partial charge in [-0.3, -0.25) is 9.89 Å². The molecule has 2 N–H and O–H groups in total. The van der Waals surface area contributed by atoms with Crippen LogP contribution in [0.2, 0.25) is 0 Å². The van der Waals surface area contributed by atoms with Gasteiger partial charge in [-0.1, -0.05) is 13.8 Å². The fraction of sp³-hybridized carbons (Fsp3) is 0.500. The van der Waals surface area contributed by atoms with E-state index >= 15 is 0 Å². The minimum Gasteiger partial charge on any atom is -0.343 e. The highest BCUT2D eigenvalue weighted by Crippen LogP contribution is 2.25. The number of amides is 1. The third-order valence-electron chi connectivity index (χ3n) is 3.77. The number of aromatic amines is 1. The number of sulfone groups is 1. The minimum atomic E-state index is -3.01. The maximum Gasteiger partial charge on any atom is 0.270 e. The summed E-state index contributed by atoms with van der Waals surface area (Å²) in [5.41, 5.74) is 1.21. The predicted molar refractivity (Wildman–Crippen MR) is 82.5 cm³/mol. The van der Waals surface area contributed by atoms with Gasteiger partial charge in [-0.2, -0.15) is 5.10 Å². The van der Waals surface area contributed by atoms with Gasteiger partial charge in [0.25, 0.3) is 5.91 Å². The average molecular weight is 322 g/mol. The maximum absolute atomic E-state index is 12.3. The smallest absolute Gasteiger partial charge is 0.270 e. The fourth-order valence-corrected chi connectivity index (χ4v) is 4.84. The maximum atomic E-state index is 12.3. The summed E-state index contributed by atoms with van der Waals surface area (Å²) in [5.74, 6) is -0.179. The number of carbonyl (C=O) groups is 1. The van der Waals surface area contributed by atoms with Gasteiger partial charge in [0.05, 0.1) is 23.2 Å². The van der Waals surface area contributed by atoms with Crippen LogP contribution in [0.15, 0.2) is 12.3 Å². The number of carbonyl (C=O) groups excluding carboxylic acids is 1. The van der Waals surface area contributed by atoms with Gasteiger partial charge in [0.1, 0.15) is 11.2 Å². The van der Waals surface area contributed by atoms with Crippen molar-refractivity contribution in [2.45, 2.75) is 32.2 Å². The van der Waals surface area contributed by atoms with Gasteiger partial charge in [0, 0.05) is 11.1 Å². The van der Waals surface area contributed by atoms with Gasteiger partial charge in [0.15, 0.2) is 9.84 Å². The van der Waals surface area contributed by atoms with Crippen molar-refractivity contribution in [1.29, 1.82) is 0 Å². The van der Waals surface area contributed by atoms with Crippen LogP contribution < -0.4 is 5.32 Å². The lowest BCUT2D eigenvalue weighted by Gasteiger charge is -2.38. The highest BCUT2D eigenvalue weighted by molar-refractivity contribution is 7.93. The number of hydrogen-bond acceptors (Lipinski definition) is 5. The van der Waals surface area contributed by atoms with Gasteiger partial charge < -0.3 is 5.32 Å². The largest absolute Gasteiger partial charge is 0.343 e. The van der Waals surface area contributed by atoms with E-state index in [0.29, 0.717) is 5.52 Å². The molecule has 0 aliphatic carbocycles. The summed E-state index contributed by atoms with van der Waals surface area (Å²) in [5, 5.41) is 10.7. The summed E-state index contributed by atoms with van der Waals surface area (Å²) in [7, 11) is -3.01. The number of fused-ring (bicyclic) bond motifs is 1. The molecule has 0 saturated carbocycles. The Morgan fingerprint density at radius 3 is 2.68 bits per heavy atom. The van der Waals surface area contributed by atoms with E-state index in [1.165, 1.54) is 0 Å². The molecular weight excluding hydrogens is 304 g/mol. The van der Waals surface area contributed by atoms with Gasteiger partial charge in [0.2, 0.25) is 0 Å². The summed E-state index contributed by atoms with van der Waals surface area (Å²) in [6.07, 6.45) is 1.55. The molecule has 0 radical (unpaired) electrons. The third-order valence-corrected chi connectivity index (χ3v) is 5.93. The van der Waals surface area contributed by atoms with Gasteiger partial charge in [-0.25, -0.2) is 13.4 Å². The molecular formula is C14H18N4O3S. The molecule has 3 rings (SSSR count). The van der Waals surface area contributed by atoms with Crippen LogP contribution in [-0.4, -0.2) is 46.6 Å². The van der Waals surface area contributed by atoms with E-state index in [4.69, 9.17) is 0 Å². The van der Waals surface area contributed by atoms with E-state index in [-0.39, 0.29) is 29.0 Å². The van der Waals surface area contributed by atoms with Crippen molar-refractivity contribution >= 4 is 26.6 Å². The van der Waals surface area contributed by atoms with E-state index in [2.05, 4.69) is 20.5 Å². The van der Waals surface area contributed by atoms with Crippen molar-refractivity contribution in [1.82, 2.24) is 20.5 Å². The first-order valence-corrected chi connectivity index (χ1v) is 8.88. The molecule has 1 amide bonds. The SMILES string of the molecule is CC(C)c1[nH]nc2cnc(C(=O)NC3(C)CS(=O)(=O)C3)cc12. The highest BCUT2D eigenvalue weighted by atomic mass is 32.2. The van der Waals surface area contributed by atoms with E-state index in [1.54, 1.807) is 19.2 Å².